The molecule has 1 atom stereocenters. The third-order valence-corrected chi connectivity index (χ3v) is 2.97. The van der Waals surface area contributed by atoms with Gasteiger partial charge in [-0.25, -0.2) is 4.79 Å². The maximum absolute atomic E-state index is 11.7. The minimum atomic E-state index is -0.371. The monoisotopic (exact) mass is 274 g/mol. The summed E-state index contributed by atoms with van der Waals surface area (Å²) in [7, 11) is 0. The molecule has 4 nitrogen and oxygen atoms in total. The largest absolute Gasteiger partial charge is 0.446 e. The molecule has 0 aliphatic heterocycles. The molecular weight excluding hydrogens is 252 g/mol. The van der Waals surface area contributed by atoms with E-state index in [4.69, 9.17) is 4.74 Å². The van der Waals surface area contributed by atoms with Crippen molar-refractivity contribution in [3.63, 3.8) is 0 Å². The maximum atomic E-state index is 11.7. The number of carbonyl (C=O) groups excluding carboxylic acids is 1. The summed E-state index contributed by atoms with van der Waals surface area (Å²) in [4.78, 5) is 14.9. The number of hydrogen-bond acceptors (Lipinski definition) is 2. The molecule has 0 saturated heterocycles. The zero-order valence-electron chi connectivity index (χ0n) is 12.5. The maximum Gasteiger partial charge on any atom is 0.407 e. The summed E-state index contributed by atoms with van der Waals surface area (Å²) in [5.74, 6) is 0. The molecule has 0 spiro atoms. The van der Waals surface area contributed by atoms with E-state index in [1.165, 1.54) is 5.39 Å². The zero-order chi connectivity index (χ0) is 14.8. The molecule has 0 bridgehead atoms. The van der Waals surface area contributed by atoms with E-state index in [0.29, 0.717) is 6.42 Å². The highest BCUT2D eigenvalue weighted by Gasteiger charge is 2.17. The molecule has 0 saturated carbocycles. The Morgan fingerprint density at radius 1 is 1.35 bits per heavy atom. The topological polar surface area (TPSA) is 54.1 Å². The Labute approximate surface area is 119 Å². The summed E-state index contributed by atoms with van der Waals surface area (Å²) in [5.41, 5.74) is 1.99. The van der Waals surface area contributed by atoms with Crippen LogP contribution in [-0.2, 0) is 11.2 Å². The Morgan fingerprint density at radius 2 is 2.05 bits per heavy atom. The summed E-state index contributed by atoms with van der Waals surface area (Å²) in [6.45, 7) is 7.69. The summed E-state index contributed by atoms with van der Waals surface area (Å²) in [6.07, 6.45) is 2.13. The Balaban J connectivity index is 1.98. The number of benzene rings is 1. The molecular formula is C16H22N2O2. The van der Waals surface area contributed by atoms with E-state index in [9.17, 15) is 4.79 Å². The molecule has 2 N–H and O–H groups in total. The van der Waals surface area contributed by atoms with Gasteiger partial charge >= 0.3 is 6.09 Å². The Kier molecular flexibility index (Phi) is 4.02. The summed E-state index contributed by atoms with van der Waals surface area (Å²) in [6, 6.07) is 8.12. The molecule has 1 aromatic carbocycles. The number of hydrogen-bond donors (Lipinski definition) is 2. The molecule has 0 unspecified atom stereocenters. The molecule has 20 heavy (non-hydrogen) atoms. The number of rotatable bonds is 3. The molecule has 4 heteroatoms. The fourth-order valence-corrected chi connectivity index (χ4v) is 2.17. The number of ether oxygens (including phenoxy) is 1. The highest BCUT2D eigenvalue weighted by atomic mass is 16.6. The van der Waals surface area contributed by atoms with E-state index >= 15 is 0 Å². The second kappa shape index (κ2) is 5.57. The van der Waals surface area contributed by atoms with Crippen LogP contribution < -0.4 is 5.32 Å². The second-order valence-corrected chi connectivity index (χ2v) is 6.15. The lowest BCUT2D eigenvalue weighted by Gasteiger charge is -2.22. The Bertz CT molecular complexity index is 596. The third-order valence-electron chi connectivity index (χ3n) is 2.97. The van der Waals surface area contributed by atoms with Crippen LogP contribution in [0.25, 0.3) is 10.9 Å². The van der Waals surface area contributed by atoms with Crippen molar-refractivity contribution < 1.29 is 9.53 Å². The number of alkyl carbamates (subject to hydrolysis) is 1. The standard InChI is InChI=1S/C16H22N2O2/c1-11(20-15(19)18-16(2,3)4)9-12-10-17-14-8-6-5-7-13(12)14/h5-8,10-11,17H,9H2,1-4H3,(H,18,19)/t11-/m1/s1. The van der Waals surface area contributed by atoms with Gasteiger partial charge in [0.1, 0.15) is 6.10 Å². The quantitative estimate of drug-likeness (QED) is 0.898. The van der Waals surface area contributed by atoms with Gasteiger partial charge in [-0.15, -0.1) is 0 Å². The molecule has 108 valence electrons. The zero-order valence-corrected chi connectivity index (χ0v) is 12.5. The number of fused-ring (bicyclic) bond motifs is 1. The molecule has 0 aliphatic carbocycles. The number of H-pyrrole nitrogens is 1. The SMILES string of the molecule is C[C@H](Cc1c[nH]c2ccccc12)OC(=O)NC(C)(C)C. The second-order valence-electron chi connectivity index (χ2n) is 6.15. The molecule has 1 amide bonds. The average Bonchev–Trinajstić information content (AvgIpc) is 2.70. The van der Waals surface area contributed by atoms with Gasteiger partial charge in [0.15, 0.2) is 0 Å². The minimum absolute atomic E-state index is 0.170. The lowest BCUT2D eigenvalue weighted by Crippen LogP contribution is -2.42. The molecule has 2 rings (SSSR count). The van der Waals surface area contributed by atoms with Crippen LogP contribution in [0.1, 0.15) is 33.3 Å². The fraction of sp³-hybridized carbons (Fsp3) is 0.438. The van der Waals surface area contributed by atoms with Gasteiger partial charge in [-0.1, -0.05) is 18.2 Å². The van der Waals surface area contributed by atoms with Crippen molar-refractivity contribution in [3.8, 4) is 0 Å². The van der Waals surface area contributed by atoms with Crippen LogP contribution in [0.2, 0.25) is 0 Å². The van der Waals surface area contributed by atoms with Gasteiger partial charge in [0.2, 0.25) is 0 Å². The number of para-hydroxylation sites is 1. The van der Waals surface area contributed by atoms with Gasteiger partial charge in [-0.3, -0.25) is 0 Å². The van der Waals surface area contributed by atoms with E-state index in [2.05, 4.69) is 16.4 Å². The van der Waals surface area contributed by atoms with E-state index in [1.54, 1.807) is 0 Å². The number of amides is 1. The minimum Gasteiger partial charge on any atom is -0.446 e. The lowest BCUT2D eigenvalue weighted by molar-refractivity contribution is 0.100. The van der Waals surface area contributed by atoms with Gasteiger partial charge < -0.3 is 15.0 Å². The van der Waals surface area contributed by atoms with Crippen molar-refractivity contribution in [1.82, 2.24) is 10.3 Å². The number of nitrogens with one attached hydrogen (secondary N) is 2. The van der Waals surface area contributed by atoms with Gasteiger partial charge in [-0.2, -0.15) is 0 Å². The Hall–Kier alpha value is -1.97. The van der Waals surface area contributed by atoms with Crippen molar-refractivity contribution in [2.24, 2.45) is 0 Å². The first-order chi connectivity index (χ1) is 9.35. The average molecular weight is 274 g/mol. The summed E-state index contributed by atoms with van der Waals surface area (Å²) >= 11 is 0. The molecule has 1 aromatic heterocycles. The molecule has 1 heterocycles. The van der Waals surface area contributed by atoms with Crippen LogP contribution in [0, 0.1) is 0 Å². The van der Waals surface area contributed by atoms with Crippen LogP contribution in [0.5, 0.6) is 0 Å². The number of aromatic nitrogens is 1. The first-order valence-corrected chi connectivity index (χ1v) is 6.89. The van der Waals surface area contributed by atoms with Crippen LogP contribution >= 0.6 is 0 Å². The van der Waals surface area contributed by atoms with Gasteiger partial charge in [0.25, 0.3) is 0 Å². The van der Waals surface area contributed by atoms with E-state index in [-0.39, 0.29) is 17.7 Å². The van der Waals surface area contributed by atoms with Crippen molar-refractivity contribution in [2.45, 2.75) is 45.8 Å². The number of carbonyl (C=O) groups is 1. The normalized spacial score (nSPS) is 13.2. The third kappa shape index (κ3) is 3.76. The van der Waals surface area contributed by atoms with Crippen LogP contribution in [0.3, 0.4) is 0 Å². The summed E-state index contributed by atoms with van der Waals surface area (Å²) in [5, 5.41) is 3.98. The van der Waals surface area contributed by atoms with Crippen molar-refractivity contribution >= 4 is 17.0 Å². The van der Waals surface area contributed by atoms with Crippen molar-refractivity contribution in [2.75, 3.05) is 0 Å². The van der Waals surface area contributed by atoms with Crippen molar-refractivity contribution in [1.29, 1.82) is 0 Å². The predicted octanol–water partition coefficient (Wildman–Crippen LogP) is 3.62. The molecule has 2 aromatic rings. The van der Waals surface area contributed by atoms with E-state index < -0.39 is 0 Å². The van der Waals surface area contributed by atoms with Crippen LogP contribution in [0.15, 0.2) is 30.5 Å². The van der Waals surface area contributed by atoms with Gasteiger partial charge in [0, 0.05) is 29.1 Å². The van der Waals surface area contributed by atoms with E-state index in [0.717, 1.165) is 11.1 Å². The first-order valence-electron chi connectivity index (χ1n) is 6.89. The predicted molar refractivity (Wildman–Crippen MR) is 80.8 cm³/mol. The Morgan fingerprint density at radius 3 is 2.75 bits per heavy atom. The highest BCUT2D eigenvalue weighted by molar-refractivity contribution is 5.83. The number of aromatic amines is 1. The van der Waals surface area contributed by atoms with Crippen molar-refractivity contribution in [3.05, 3.63) is 36.0 Å². The van der Waals surface area contributed by atoms with Gasteiger partial charge in [0.05, 0.1) is 0 Å². The molecule has 0 fully saturated rings. The molecule has 0 radical (unpaired) electrons. The highest BCUT2D eigenvalue weighted by Crippen LogP contribution is 2.19. The first kappa shape index (κ1) is 14.4. The molecule has 0 aliphatic rings. The van der Waals surface area contributed by atoms with Gasteiger partial charge in [-0.05, 0) is 39.3 Å². The summed E-state index contributed by atoms with van der Waals surface area (Å²) < 4.78 is 5.38. The van der Waals surface area contributed by atoms with E-state index in [1.807, 2.05) is 52.1 Å². The fourth-order valence-electron chi connectivity index (χ4n) is 2.17. The lowest BCUT2D eigenvalue weighted by atomic mass is 10.1. The van der Waals surface area contributed by atoms with Crippen LogP contribution in [0.4, 0.5) is 4.79 Å². The van der Waals surface area contributed by atoms with Crippen LogP contribution in [-0.4, -0.2) is 22.7 Å². The smallest absolute Gasteiger partial charge is 0.407 e.